The molecule has 0 aromatic rings. The maximum Gasteiger partial charge on any atom is 0.217 e. The molecule has 5 aliphatic heterocycles. The van der Waals surface area contributed by atoms with Gasteiger partial charge in [0.25, 0.3) is 0 Å². The van der Waals surface area contributed by atoms with E-state index < -0.39 is 198 Å². The van der Waals surface area contributed by atoms with Crippen LogP contribution in [0.25, 0.3) is 0 Å². The molecule has 2 amide bonds. The van der Waals surface area contributed by atoms with Crippen molar-refractivity contribution in [2.24, 2.45) is 0 Å². The second-order valence-corrected chi connectivity index (χ2v) is 15.4. The van der Waals surface area contributed by atoms with E-state index in [0.29, 0.717) is 0 Å². The normalized spacial score (nSPS) is 49.0. The fourth-order valence-corrected chi connectivity index (χ4v) is 7.83. The summed E-state index contributed by atoms with van der Waals surface area (Å²) in [6, 6.07) is -3.17. The van der Waals surface area contributed by atoms with Crippen LogP contribution in [0.2, 0.25) is 0 Å². The number of ether oxygens (including phenoxy) is 9. The lowest BCUT2D eigenvalue weighted by Gasteiger charge is -2.50. The van der Waals surface area contributed by atoms with Crippen LogP contribution in [0.5, 0.6) is 0 Å². The van der Waals surface area contributed by atoms with Crippen LogP contribution >= 0.6 is 0 Å². The van der Waals surface area contributed by atoms with Gasteiger partial charge < -0.3 is 130 Å². The molecule has 5 saturated heterocycles. The topological polar surface area (TPSA) is 445 Å². The molecule has 5 heterocycles. The van der Waals surface area contributed by atoms with E-state index in [1.165, 1.54) is 0 Å². The van der Waals surface area contributed by atoms with Crippen LogP contribution in [-0.4, -0.2) is 275 Å². The number of aliphatic hydroxyl groups is 15. The second-order valence-electron chi connectivity index (χ2n) is 15.4. The number of carbonyl (C=O) groups is 2. The third-order valence-corrected chi connectivity index (χ3v) is 11.1. The molecule has 360 valence electrons. The highest BCUT2D eigenvalue weighted by molar-refractivity contribution is 5.73. The van der Waals surface area contributed by atoms with E-state index in [1.807, 2.05) is 0 Å². The number of hydrogen-bond acceptors (Lipinski definition) is 26. The van der Waals surface area contributed by atoms with Crippen molar-refractivity contribution in [1.29, 1.82) is 0 Å². The van der Waals surface area contributed by atoms with Gasteiger partial charge in [0.15, 0.2) is 31.5 Å². The molecule has 28 nitrogen and oxygen atoms in total. The Kier molecular flexibility index (Phi) is 18.1. The van der Waals surface area contributed by atoms with Crippen LogP contribution in [0.1, 0.15) is 13.8 Å². The van der Waals surface area contributed by atoms with E-state index in [1.54, 1.807) is 0 Å². The first-order valence-electron chi connectivity index (χ1n) is 19.6. The van der Waals surface area contributed by atoms with Gasteiger partial charge in [-0.2, -0.15) is 0 Å². The minimum Gasteiger partial charge on any atom is -0.394 e. The van der Waals surface area contributed by atoms with Crippen LogP contribution in [0.3, 0.4) is 0 Å². The lowest BCUT2D eigenvalue weighted by molar-refractivity contribution is -0.386. The van der Waals surface area contributed by atoms with Crippen LogP contribution in [0, 0.1) is 0 Å². The molecule has 17 N–H and O–H groups in total. The molecular weight excluding hydrogens is 852 g/mol. The molecule has 0 radical (unpaired) electrons. The summed E-state index contributed by atoms with van der Waals surface area (Å²) in [6.45, 7) is -2.52. The number of hydrogen-bond donors (Lipinski definition) is 17. The summed E-state index contributed by atoms with van der Waals surface area (Å²) < 4.78 is 50.7. The highest BCUT2D eigenvalue weighted by Crippen LogP contribution is 2.36. The van der Waals surface area contributed by atoms with E-state index in [-0.39, 0.29) is 0 Å². The van der Waals surface area contributed by atoms with Gasteiger partial charge in [0.05, 0.1) is 33.0 Å². The molecule has 62 heavy (non-hydrogen) atoms. The molecule has 0 aromatic carbocycles. The van der Waals surface area contributed by atoms with Crippen LogP contribution in [0.4, 0.5) is 0 Å². The molecule has 0 bridgehead atoms. The first-order chi connectivity index (χ1) is 29.3. The first kappa shape index (κ1) is 51.0. The number of aliphatic hydroxyl groups excluding tert-OH is 15. The lowest BCUT2D eigenvalue weighted by Crippen LogP contribution is -2.70. The lowest BCUT2D eigenvalue weighted by atomic mass is 9.94. The summed E-state index contributed by atoms with van der Waals surface area (Å²) in [4.78, 5) is 24.1. The molecule has 25 atom stereocenters. The fourth-order valence-electron chi connectivity index (χ4n) is 7.83. The van der Waals surface area contributed by atoms with Gasteiger partial charge in [0.1, 0.15) is 122 Å². The predicted octanol–water partition coefficient (Wildman–Crippen LogP) is -11.6. The van der Waals surface area contributed by atoms with Gasteiger partial charge in [-0.05, 0) is 0 Å². The zero-order valence-corrected chi connectivity index (χ0v) is 33.2. The molecule has 0 spiro atoms. The Balaban J connectivity index is 1.35. The van der Waals surface area contributed by atoms with Crippen molar-refractivity contribution in [3.63, 3.8) is 0 Å². The third-order valence-electron chi connectivity index (χ3n) is 11.1. The van der Waals surface area contributed by atoms with Crippen LogP contribution in [-0.2, 0) is 52.2 Å². The van der Waals surface area contributed by atoms with Crippen molar-refractivity contribution < 1.29 is 129 Å². The molecule has 5 rings (SSSR count). The largest absolute Gasteiger partial charge is 0.394 e. The quantitative estimate of drug-likeness (QED) is 0.0725. The fraction of sp³-hybridized carbons (Fsp3) is 0.941. The molecular formula is C34H58N2O26. The Bertz CT molecular complexity index is 1440. The van der Waals surface area contributed by atoms with Gasteiger partial charge in [0, 0.05) is 13.8 Å². The van der Waals surface area contributed by atoms with E-state index in [9.17, 15) is 86.2 Å². The highest BCUT2D eigenvalue weighted by atomic mass is 16.8. The molecule has 0 saturated carbocycles. The second kappa shape index (κ2) is 22.0. The SMILES string of the molecule is CC(=O)N[C@@H]1[C@@H](O)[C@H](O[C@@H]2O[C@H](CO)[C@H](O[C@H]3O[C@H](CO)[C@H](O)[C@H](O[C@@H]4O[C@H](CO)[C@H](O)[C@H](O[C@@H]5O[C@H](CO)[C@H](O)[C@H](O)[C@H]5O)[C@H]4NC(C)=O)[C@H]3O)[C@H](O)[C@H]2O)[C@@H](CO)O[C@H]1O. The Morgan fingerprint density at radius 1 is 0.387 bits per heavy atom. The van der Waals surface area contributed by atoms with Crippen LogP contribution < -0.4 is 10.6 Å². The molecule has 0 aromatic heterocycles. The summed E-state index contributed by atoms with van der Waals surface area (Å²) in [5.41, 5.74) is 0. The van der Waals surface area contributed by atoms with Crippen LogP contribution in [0.15, 0.2) is 0 Å². The average Bonchev–Trinajstić information content (AvgIpc) is 3.23. The molecule has 0 aliphatic carbocycles. The molecule has 5 aliphatic rings. The molecule has 5 fully saturated rings. The zero-order chi connectivity index (χ0) is 45.9. The standard InChI is InChI=1S/C34H58N2O26/c1-8(42)35-15-20(47)26(13(6-40)54-30(15)53)59-33-24(51)22(49)27(14(7-41)58-33)60-34-25(52)29(19(46)12(5-39)57-34)62-31-16(36-9(2)43)28(18(45)11(4-38)55-31)61-32-23(50)21(48)17(44)10(3-37)56-32/h10-34,37-41,44-53H,3-7H2,1-2H3,(H,35,42)(H,36,43)/t10-,11-,12-,13-,14-,15-,16-,17+,18+,19+,20-,21+,22-,23-,24-,25-,26-,27+,28-,29+,30-,31+,32+,33+,34-/m1/s1. The minimum atomic E-state index is -2.16. The Morgan fingerprint density at radius 3 is 1.27 bits per heavy atom. The number of nitrogens with one attached hydrogen (secondary N) is 2. The number of rotatable bonds is 15. The van der Waals surface area contributed by atoms with E-state index in [0.717, 1.165) is 13.8 Å². The van der Waals surface area contributed by atoms with Crippen molar-refractivity contribution in [2.75, 3.05) is 33.0 Å². The summed E-state index contributed by atoms with van der Waals surface area (Å²) in [7, 11) is 0. The smallest absolute Gasteiger partial charge is 0.217 e. The van der Waals surface area contributed by atoms with E-state index >= 15 is 0 Å². The number of amides is 2. The van der Waals surface area contributed by atoms with Gasteiger partial charge in [-0.3, -0.25) is 9.59 Å². The minimum absolute atomic E-state index is 0.685. The Hall–Kier alpha value is -2.02. The molecule has 0 unspecified atom stereocenters. The van der Waals surface area contributed by atoms with Crippen molar-refractivity contribution >= 4 is 11.8 Å². The average molecular weight is 911 g/mol. The zero-order valence-electron chi connectivity index (χ0n) is 33.2. The van der Waals surface area contributed by atoms with Gasteiger partial charge in [0.2, 0.25) is 11.8 Å². The van der Waals surface area contributed by atoms with E-state index in [4.69, 9.17) is 42.6 Å². The first-order valence-corrected chi connectivity index (χ1v) is 19.6. The summed E-state index contributed by atoms with van der Waals surface area (Å²) in [5.74, 6) is -1.49. The molecule has 28 heteroatoms. The Labute approximate surface area is 351 Å². The Morgan fingerprint density at radius 2 is 0.758 bits per heavy atom. The maximum atomic E-state index is 12.5. The van der Waals surface area contributed by atoms with Gasteiger partial charge >= 0.3 is 0 Å². The van der Waals surface area contributed by atoms with Gasteiger partial charge in [-0.25, -0.2) is 0 Å². The highest BCUT2D eigenvalue weighted by Gasteiger charge is 2.57. The maximum absolute atomic E-state index is 12.5. The summed E-state index contributed by atoms with van der Waals surface area (Å²) in [6.07, 6.45) is -42.4. The monoisotopic (exact) mass is 910 g/mol. The predicted molar refractivity (Wildman–Crippen MR) is 190 cm³/mol. The van der Waals surface area contributed by atoms with E-state index in [2.05, 4.69) is 10.6 Å². The van der Waals surface area contributed by atoms with Crippen molar-refractivity contribution in [3.8, 4) is 0 Å². The number of carbonyl (C=O) groups excluding carboxylic acids is 2. The summed E-state index contributed by atoms with van der Waals surface area (Å²) in [5, 5.41) is 163. The van der Waals surface area contributed by atoms with Crippen molar-refractivity contribution in [1.82, 2.24) is 10.6 Å². The summed E-state index contributed by atoms with van der Waals surface area (Å²) >= 11 is 0. The van der Waals surface area contributed by atoms with Crippen molar-refractivity contribution in [2.45, 2.75) is 167 Å². The van der Waals surface area contributed by atoms with Crippen molar-refractivity contribution in [3.05, 3.63) is 0 Å². The third kappa shape index (κ3) is 10.8. The van der Waals surface area contributed by atoms with Gasteiger partial charge in [-0.1, -0.05) is 0 Å². The van der Waals surface area contributed by atoms with Gasteiger partial charge in [-0.15, -0.1) is 0 Å².